The molecule has 2 aromatic carbocycles. The summed E-state index contributed by atoms with van der Waals surface area (Å²) in [6.45, 7) is 1.00. The van der Waals surface area contributed by atoms with Gasteiger partial charge < -0.3 is 15.5 Å². The standard InChI is InChI=1S/C21H20Cl2F3NO.CH2O3/c1-12(21(24,25)26)19(15-5-7-16(22)8-6-15)20(28)27-18-11-14(4-9-17(18)23)10-13-2-3-13;2-1(3)4/h4-9,11-13,19H,2-3,10H2,1H3,(H,27,28);(H2,2,3,4)/t12-,19+;/m1./s1. The van der Waals surface area contributed by atoms with E-state index in [4.69, 9.17) is 38.2 Å². The Bertz CT molecular complexity index is 943. The largest absolute Gasteiger partial charge is 0.503 e. The number of alkyl halides is 3. The van der Waals surface area contributed by atoms with E-state index in [0.717, 1.165) is 18.9 Å². The number of halogens is 5. The minimum absolute atomic E-state index is 0.247. The van der Waals surface area contributed by atoms with Gasteiger partial charge in [-0.3, -0.25) is 4.79 Å². The maximum absolute atomic E-state index is 13.4. The van der Waals surface area contributed by atoms with Crippen LogP contribution < -0.4 is 5.32 Å². The van der Waals surface area contributed by atoms with E-state index in [1.165, 1.54) is 37.1 Å². The van der Waals surface area contributed by atoms with Crippen LogP contribution in [-0.4, -0.2) is 28.5 Å². The second-order valence-electron chi connectivity index (χ2n) is 7.59. The van der Waals surface area contributed by atoms with Crippen molar-refractivity contribution >= 4 is 41.0 Å². The third kappa shape index (κ3) is 7.91. The average Bonchev–Trinajstić information content (AvgIpc) is 3.49. The molecule has 0 radical (unpaired) electrons. The highest BCUT2D eigenvalue weighted by atomic mass is 35.5. The molecule has 174 valence electrons. The van der Waals surface area contributed by atoms with Crippen LogP contribution >= 0.6 is 23.2 Å². The zero-order chi connectivity index (χ0) is 24.1. The van der Waals surface area contributed by atoms with Gasteiger partial charge in [0.2, 0.25) is 5.91 Å². The molecule has 3 N–H and O–H groups in total. The third-order valence-corrected chi connectivity index (χ3v) is 5.62. The Kier molecular flexibility index (Phi) is 8.81. The zero-order valence-electron chi connectivity index (χ0n) is 17.0. The Labute approximate surface area is 193 Å². The van der Waals surface area contributed by atoms with Crippen LogP contribution in [0.2, 0.25) is 10.0 Å². The summed E-state index contributed by atoms with van der Waals surface area (Å²) >= 11 is 12.0. The Morgan fingerprint density at radius 2 is 1.66 bits per heavy atom. The summed E-state index contributed by atoms with van der Waals surface area (Å²) in [4.78, 5) is 21.4. The Morgan fingerprint density at radius 3 is 2.16 bits per heavy atom. The molecular weight excluding hydrogens is 470 g/mol. The summed E-state index contributed by atoms with van der Waals surface area (Å²) in [6, 6.07) is 11.1. The van der Waals surface area contributed by atoms with E-state index in [2.05, 4.69) is 5.32 Å². The number of rotatable bonds is 6. The van der Waals surface area contributed by atoms with Crippen molar-refractivity contribution in [1.82, 2.24) is 0 Å². The molecule has 0 spiro atoms. The molecule has 1 amide bonds. The van der Waals surface area contributed by atoms with E-state index in [0.29, 0.717) is 21.7 Å². The van der Waals surface area contributed by atoms with Gasteiger partial charge in [-0.1, -0.05) is 48.3 Å². The second-order valence-corrected chi connectivity index (χ2v) is 8.44. The number of hydrogen-bond acceptors (Lipinski definition) is 2. The molecule has 0 bridgehead atoms. The molecule has 1 fully saturated rings. The van der Waals surface area contributed by atoms with Crippen LogP contribution in [0, 0.1) is 11.8 Å². The number of carbonyl (C=O) groups is 2. The number of hydrogen-bond donors (Lipinski definition) is 3. The molecule has 10 heteroatoms. The van der Waals surface area contributed by atoms with Crippen LogP contribution in [0.4, 0.5) is 23.7 Å². The first-order chi connectivity index (χ1) is 14.9. The van der Waals surface area contributed by atoms with Crippen molar-refractivity contribution in [3.8, 4) is 0 Å². The molecule has 32 heavy (non-hydrogen) atoms. The maximum Gasteiger partial charge on any atom is 0.503 e. The lowest BCUT2D eigenvalue weighted by Crippen LogP contribution is -2.34. The Hall–Kier alpha value is -2.45. The van der Waals surface area contributed by atoms with Gasteiger partial charge in [-0.15, -0.1) is 0 Å². The monoisotopic (exact) mass is 491 g/mol. The lowest BCUT2D eigenvalue weighted by molar-refractivity contribution is -0.178. The minimum Gasteiger partial charge on any atom is -0.450 e. The minimum atomic E-state index is -4.53. The molecule has 0 aliphatic heterocycles. The predicted octanol–water partition coefficient (Wildman–Crippen LogP) is 7.09. The fraction of sp³-hybridized carbons (Fsp3) is 0.364. The summed E-state index contributed by atoms with van der Waals surface area (Å²) in [5, 5.41) is 17.2. The number of amides is 1. The van der Waals surface area contributed by atoms with Crippen molar-refractivity contribution < 1.29 is 33.0 Å². The number of nitrogens with one attached hydrogen (secondary N) is 1. The van der Waals surface area contributed by atoms with E-state index in [9.17, 15) is 18.0 Å². The van der Waals surface area contributed by atoms with Gasteiger partial charge in [0.25, 0.3) is 0 Å². The van der Waals surface area contributed by atoms with Crippen LogP contribution in [0.25, 0.3) is 0 Å². The van der Waals surface area contributed by atoms with Crippen molar-refractivity contribution in [2.75, 3.05) is 5.32 Å². The molecule has 1 aliphatic carbocycles. The molecule has 2 aromatic rings. The fourth-order valence-electron chi connectivity index (χ4n) is 3.19. The van der Waals surface area contributed by atoms with E-state index in [1.54, 1.807) is 12.1 Å². The van der Waals surface area contributed by atoms with E-state index in [-0.39, 0.29) is 5.56 Å². The van der Waals surface area contributed by atoms with Gasteiger partial charge in [0, 0.05) is 5.02 Å². The van der Waals surface area contributed by atoms with Crippen molar-refractivity contribution in [3.63, 3.8) is 0 Å². The SMILES string of the molecule is C[C@H]([C@H](C(=O)Nc1cc(CC2CC2)ccc1Cl)c1ccc(Cl)cc1)C(F)(F)F.O=C(O)O. The summed E-state index contributed by atoms with van der Waals surface area (Å²) in [5.41, 5.74) is 1.59. The maximum atomic E-state index is 13.4. The van der Waals surface area contributed by atoms with E-state index < -0.39 is 30.1 Å². The molecule has 3 rings (SSSR count). The van der Waals surface area contributed by atoms with Crippen molar-refractivity contribution in [1.29, 1.82) is 0 Å². The number of carboxylic acid groups (broad SMARTS) is 2. The van der Waals surface area contributed by atoms with Crippen molar-refractivity contribution in [3.05, 3.63) is 63.6 Å². The zero-order valence-corrected chi connectivity index (χ0v) is 18.5. The molecule has 0 heterocycles. The highest BCUT2D eigenvalue weighted by Gasteiger charge is 2.45. The smallest absolute Gasteiger partial charge is 0.450 e. The second kappa shape index (κ2) is 10.9. The predicted molar refractivity (Wildman–Crippen MR) is 117 cm³/mol. The van der Waals surface area contributed by atoms with Crippen molar-refractivity contribution in [2.45, 2.75) is 38.3 Å². The lowest BCUT2D eigenvalue weighted by Gasteiger charge is -2.26. The molecule has 2 atom stereocenters. The van der Waals surface area contributed by atoms with Gasteiger partial charge >= 0.3 is 12.3 Å². The average molecular weight is 492 g/mol. The normalized spacial score (nSPS) is 15.2. The number of anilines is 1. The van der Waals surface area contributed by atoms with Crippen LogP contribution in [0.1, 0.15) is 36.8 Å². The molecule has 1 saturated carbocycles. The summed E-state index contributed by atoms with van der Waals surface area (Å²) in [7, 11) is 0. The van der Waals surface area contributed by atoms with Crippen LogP contribution in [0.5, 0.6) is 0 Å². The van der Waals surface area contributed by atoms with Gasteiger partial charge in [-0.05, 0) is 60.6 Å². The van der Waals surface area contributed by atoms with Crippen LogP contribution in [0.15, 0.2) is 42.5 Å². The quantitative estimate of drug-likeness (QED) is 0.402. The first-order valence-corrected chi connectivity index (χ1v) is 10.5. The summed E-state index contributed by atoms with van der Waals surface area (Å²) < 4.78 is 40.3. The molecule has 1 aliphatic rings. The van der Waals surface area contributed by atoms with Crippen LogP contribution in [0.3, 0.4) is 0 Å². The summed E-state index contributed by atoms with van der Waals surface area (Å²) in [6.07, 6.45) is -3.14. The fourth-order valence-corrected chi connectivity index (χ4v) is 3.48. The first-order valence-electron chi connectivity index (χ1n) is 9.71. The molecule has 5 nitrogen and oxygen atoms in total. The Morgan fingerprint density at radius 1 is 1.09 bits per heavy atom. The first kappa shape index (κ1) is 25.8. The molecule has 0 saturated heterocycles. The number of carbonyl (C=O) groups excluding carboxylic acids is 1. The molecule has 0 aromatic heterocycles. The highest BCUT2D eigenvalue weighted by Crippen LogP contribution is 2.39. The van der Waals surface area contributed by atoms with Gasteiger partial charge in [0.05, 0.1) is 22.5 Å². The van der Waals surface area contributed by atoms with Gasteiger partial charge in [-0.2, -0.15) is 13.2 Å². The van der Waals surface area contributed by atoms with Gasteiger partial charge in [0.15, 0.2) is 0 Å². The Balaban J connectivity index is 0.000000837. The highest BCUT2D eigenvalue weighted by molar-refractivity contribution is 6.33. The van der Waals surface area contributed by atoms with Crippen LogP contribution in [-0.2, 0) is 11.2 Å². The lowest BCUT2D eigenvalue weighted by atomic mass is 9.86. The molecule has 0 unspecified atom stereocenters. The van der Waals surface area contributed by atoms with Gasteiger partial charge in [0.1, 0.15) is 0 Å². The third-order valence-electron chi connectivity index (χ3n) is 5.04. The topological polar surface area (TPSA) is 86.6 Å². The summed E-state index contributed by atoms with van der Waals surface area (Å²) in [5.74, 6) is -3.41. The van der Waals surface area contributed by atoms with Crippen molar-refractivity contribution in [2.24, 2.45) is 11.8 Å². The van der Waals surface area contributed by atoms with E-state index >= 15 is 0 Å². The van der Waals surface area contributed by atoms with E-state index in [1.807, 2.05) is 6.07 Å². The number of benzene rings is 2. The van der Waals surface area contributed by atoms with Gasteiger partial charge in [-0.25, -0.2) is 4.79 Å². The molecular formula is C22H22Cl2F3NO4.